The molecular weight excluding hydrogens is 250 g/mol. The van der Waals surface area contributed by atoms with Crippen molar-refractivity contribution in [3.8, 4) is 0 Å². The van der Waals surface area contributed by atoms with Crippen LogP contribution in [0.3, 0.4) is 0 Å². The van der Waals surface area contributed by atoms with Crippen LogP contribution in [0.15, 0.2) is 30.6 Å². The minimum Gasteiger partial charge on any atom is -0.356 e. The molecule has 4 heteroatoms. The molecule has 1 heterocycles. The summed E-state index contributed by atoms with van der Waals surface area (Å²) in [6, 6.07) is 7.99. The third-order valence-electron chi connectivity index (χ3n) is 3.46. The molecule has 2 rings (SSSR count). The molecule has 1 aromatic carbocycles. The SMILES string of the molecule is CCCCCCNC(=O)CCn1cnc2ccccc21. The Labute approximate surface area is 120 Å². The van der Waals surface area contributed by atoms with Crippen LogP contribution in [0.4, 0.5) is 0 Å². The molecule has 0 radical (unpaired) electrons. The fraction of sp³-hybridized carbons (Fsp3) is 0.500. The van der Waals surface area contributed by atoms with E-state index in [1.807, 2.05) is 28.8 Å². The van der Waals surface area contributed by atoms with Crippen molar-refractivity contribution >= 4 is 16.9 Å². The normalized spacial score (nSPS) is 10.8. The summed E-state index contributed by atoms with van der Waals surface area (Å²) in [5.74, 6) is 0.124. The highest BCUT2D eigenvalue weighted by molar-refractivity contribution is 5.77. The number of carbonyl (C=O) groups excluding carboxylic acids is 1. The van der Waals surface area contributed by atoms with Gasteiger partial charge in [0.05, 0.1) is 17.4 Å². The Morgan fingerprint density at radius 1 is 1.25 bits per heavy atom. The maximum atomic E-state index is 11.8. The lowest BCUT2D eigenvalue weighted by Gasteiger charge is -2.06. The Bertz CT molecular complexity index is 547. The van der Waals surface area contributed by atoms with E-state index in [1.54, 1.807) is 6.33 Å². The molecule has 4 nitrogen and oxygen atoms in total. The van der Waals surface area contributed by atoms with Crippen LogP contribution in [-0.2, 0) is 11.3 Å². The Morgan fingerprint density at radius 2 is 2.10 bits per heavy atom. The first-order valence-electron chi connectivity index (χ1n) is 7.48. The number of amides is 1. The summed E-state index contributed by atoms with van der Waals surface area (Å²) in [4.78, 5) is 16.1. The van der Waals surface area contributed by atoms with Crippen molar-refractivity contribution in [3.05, 3.63) is 30.6 Å². The quantitative estimate of drug-likeness (QED) is 0.751. The van der Waals surface area contributed by atoms with Crippen molar-refractivity contribution in [2.24, 2.45) is 0 Å². The van der Waals surface area contributed by atoms with Crippen LogP contribution < -0.4 is 5.32 Å². The van der Waals surface area contributed by atoms with Crippen LogP contribution in [0.2, 0.25) is 0 Å². The number of unbranched alkanes of at least 4 members (excludes halogenated alkanes) is 3. The number of nitrogens with one attached hydrogen (secondary N) is 1. The summed E-state index contributed by atoms with van der Waals surface area (Å²) in [5, 5.41) is 2.98. The van der Waals surface area contributed by atoms with Crippen molar-refractivity contribution in [2.45, 2.75) is 45.6 Å². The summed E-state index contributed by atoms with van der Waals surface area (Å²) in [6.45, 7) is 3.67. The van der Waals surface area contributed by atoms with Gasteiger partial charge in [-0.2, -0.15) is 0 Å². The van der Waals surface area contributed by atoms with Gasteiger partial charge >= 0.3 is 0 Å². The topological polar surface area (TPSA) is 46.9 Å². The van der Waals surface area contributed by atoms with E-state index < -0.39 is 0 Å². The number of rotatable bonds is 8. The summed E-state index contributed by atoms with van der Waals surface area (Å²) < 4.78 is 2.03. The molecule has 20 heavy (non-hydrogen) atoms. The fourth-order valence-corrected chi connectivity index (χ4v) is 2.28. The Kier molecular flexibility index (Phi) is 5.59. The summed E-state index contributed by atoms with van der Waals surface area (Å²) >= 11 is 0. The van der Waals surface area contributed by atoms with E-state index in [0.717, 1.165) is 24.0 Å². The Morgan fingerprint density at radius 3 is 2.95 bits per heavy atom. The Hall–Kier alpha value is -1.84. The molecule has 0 bridgehead atoms. The lowest BCUT2D eigenvalue weighted by Crippen LogP contribution is -2.25. The molecule has 0 aliphatic carbocycles. The highest BCUT2D eigenvalue weighted by Crippen LogP contribution is 2.11. The third kappa shape index (κ3) is 4.08. The van der Waals surface area contributed by atoms with E-state index in [0.29, 0.717) is 13.0 Å². The number of benzene rings is 1. The largest absolute Gasteiger partial charge is 0.356 e. The van der Waals surface area contributed by atoms with Gasteiger partial charge in [0.2, 0.25) is 5.91 Å². The van der Waals surface area contributed by atoms with Crippen LogP contribution >= 0.6 is 0 Å². The van der Waals surface area contributed by atoms with E-state index in [-0.39, 0.29) is 5.91 Å². The van der Waals surface area contributed by atoms with Crippen LogP contribution in [0.25, 0.3) is 11.0 Å². The van der Waals surface area contributed by atoms with Crippen molar-refractivity contribution in [1.82, 2.24) is 14.9 Å². The molecule has 1 aromatic heterocycles. The number of fused-ring (bicyclic) bond motifs is 1. The zero-order chi connectivity index (χ0) is 14.2. The van der Waals surface area contributed by atoms with Gasteiger partial charge in [-0.3, -0.25) is 4.79 Å². The number of hydrogen-bond acceptors (Lipinski definition) is 2. The van der Waals surface area contributed by atoms with Gasteiger partial charge in [0.25, 0.3) is 0 Å². The zero-order valence-electron chi connectivity index (χ0n) is 12.1. The molecule has 108 valence electrons. The van der Waals surface area contributed by atoms with Crippen molar-refractivity contribution in [3.63, 3.8) is 0 Å². The second kappa shape index (κ2) is 7.68. The lowest BCUT2D eigenvalue weighted by atomic mass is 10.2. The van der Waals surface area contributed by atoms with Gasteiger partial charge in [0, 0.05) is 19.5 Å². The zero-order valence-corrected chi connectivity index (χ0v) is 12.1. The van der Waals surface area contributed by atoms with Gasteiger partial charge in [-0.25, -0.2) is 4.98 Å². The molecule has 0 unspecified atom stereocenters. The maximum Gasteiger partial charge on any atom is 0.221 e. The highest BCUT2D eigenvalue weighted by Gasteiger charge is 2.04. The molecule has 0 saturated carbocycles. The monoisotopic (exact) mass is 273 g/mol. The molecule has 0 aliphatic heterocycles. The number of carbonyl (C=O) groups is 1. The number of para-hydroxylation sites is 2. The van der Waals surface area contributed by atoms with Gasteiger partial charge in [-0.15, -0.1) is 0 Å². The van der Waals surface area contributed by atoms with Gasteiger partial charge in [0.15, 0.2) is 0 Å². The van der Waals surface area contributed by atoms with Crippen molar-refractivity contribution in [2.75, 3.05) is 6.54 Å². The summed E-state index contributed by atoms with van der Waals surface area (Å²) in [7, 11) is 0. The van der Waals surface area contributed by atoms with Crippen LogP contribution in [-0.4, -0.2) is 22.0 Å². The first-order chi connectivity index (χ1) is 9.81. The lowest BCUT2D eigenvalue weighted by molar-refractivity contribution is -0.121. The van der Waals surface area contributed by atoms with Crippen LogP contribution in [0.5, 0.6) is 0 Å². The van der Waals surface area contributed by atoms with E-state index in [9.17, 15) is 4.79 Å². The number of hydrogen-bond donors (Lipinski definition) is 1. The van der Waals surface area contributed by atoms with E-state index in [4.69, 9.17) is 0 Å². The molecule has 0 spiro atoms. The molecule has 1 amide bonds. The molecule has 0 saturated heterocycles. The summed E-state index contributed by atoms with van der Waals surface area (Å²) in [5.41, 5.74) is 2.07. The number of aromatic nitrogens is 2. The molecule has 0 atom stereocenters. The number of nitrogens with zero attached hydrogens (tertiary/aromatic N) is 2. The first kappa shape index (κ1) is 14.6. The first-order valence-corrected chi connectivity index (χ1v) is 7.48. The van der Waals surface area contributed by atoms with E-state index in [1.165, 1.54) is 19.3 Å². The number of aryl methyl sites for hydroxylation is 1. The second-order valence-corrected chi connectivity index (χ2v) is 5.09. The van der Waals surface area contributed by atoms with E-state index >= 15 is 0 Å². The minimum atomic E-state index is 0.124. The molecule has 0 aliphatic rings. The van der Waals surface area contributed by atoms with Crippen LogP contribution in [0.1, 0.15) is 39.0 Å². The third-order valence-corrected chi connectivity index (χ3v) is 3.46. The second-order valence-electron chi connectivity index (χ2n) is 5.09. The van der Waals surface area contributed by atoms with Gasteiger partial charge in [0.1, 0.15) is 0 Å². The average Bonchev–Trinajstić information content (AvgIpc) is 2.88. The molecule has 2 aromatic rings. The van der Waals surface area contributed by atoms with Gasteiger partial charge in [-0.1, -0.05) is 38.3 Å². The predicted octanol–water partition coefficient (Wildman–Crippen LogP) is 3.12. The molecule has 1 N–H and O–H groups in total. The van der Waals surface area contributed by atoms with Crippen molar-refractivity contribution in [1.29, 1.82) is 0 Å². The predicted molar refractivity (Wildman–Crippen MR) is 81.5 cm³/mol. The number of imidazole rings is 1. The summed E-state index contributed by atoms with van der Waals surface area (Å²) in [6.07, 6.45) is 7.06. The van der Waals surface area contributed by atoms with E-state index in [2.05, 4.69) is 17.2 Å². The smallest absolute Gasteiger partial charge is 0.221 e. The van der Waals surface area contributed by atoms with Gasteiger partial charge < -0.3 is 9.88 Å². The highest BCUT2D eigenvalue weighted by atomic mass is 16.1. The Balaban J connectivity index is 1.73. The van der Waals surface area contributed by atoms with Gasteiger partial charge in [-0.05, 0) is 18.6 Å². The standard InChI is InChI=1S/C16H23N3O/c1-2-3-4-7-11-17-16(20)10-12-19-13-18-14-8-5-6-9-15(14)19/h5-6,8-9,13H,2-4,7,10-12H2,1H3,(H,17,20). The molecular formula is C16H23N3O. The maximum absolute atomic E-state index is 11.8. The average molecular weight is 273 g/mol. The fourth-order valence-electron chi connectivity index (χ4n) is 2.28. The minimum absolute atomic E-state index is 0.124. The van der Waals surface area contributed by atoms with Crippen molar-refractivity contribution < 1.29 is 4.79 Å². The molecule has 0 fully saturated rings. The van der Waals surface area contributed by atoms with Crippen LogP contribution in [0, 0.1) is 0 Å².